The highest BCUT2D eigenvalue weighted by Gasteiger charge is 2.19. The summed E-state index contributed by atoms with van der Waals surface area (Å²) in [5.41, 5.74) is -0.124. The summed E-state index contributed by atoms with van der Waals surface area (Å²) in [6.45, 7) is 1.46. The van der Waals surface area contributed by atoms with Gasteiger partial charge in [0.2, 0.25) is 0 Å². The van der Waals surface area contributed by atoms with Crippen molar-refractivity contribution in [2.24, 2.45) is 0 Å². The SMILES string of the molecule is CC(CO)N(C)C(=O)c1ccc(O)cc1F. The highest BCUT2D eigenvalue weighted by Crippen LogP contribution is 2.17. The molecule has 0 aliphatic heterocycles. The number of aromatic hydroxyl groups is 1. The molecule has 1 aromatic carbocycles. The second kappa shape index (κ2) is 4.94. The van der Waals surface area contributed by atoms with Crippen LogP contribution in [0.2, 0.25) is 0 Å². The predicted octanol–water partition coefficient (Wildman–Crippen LogP) is 0.984. The molecule has 0 fully saturated rings. The summed E-state index contributed by atoms with van der Waals surface area (Å²) >= 11 is 0. The van der Waals surface area contributed by atoms with Crippen molar-refractivity contribution in [2.75, 3.05) is 13.7 Å². The Morgan fingerprint density at radius 2 is 2.19 bits per heavy atom. The maximum Gasteiger partial charge on any atom is 0.256 e. The number of hydrogen-bond donors (Lipinski definition) is 2. The molecule has 88 valence electrons. The van der Waals surface area contributed by atoms with E-state index in [-0.39, 0.29) is 24.0 Å². The van der Waals surface area contributed by atoms with Crippen LogP contribution in [-0.2, 0) is 0 Å². The number of phenols is 1. The van der Waals surface area contributed by atoms with E-state index in [2.05, 4.69) is 0 Å². The minimum absolute atomic E-state index is 0.124. The van der Waals surface area contributed by atoms with Gasteiger partial charge in [-0.15, -0.1) is 0 Å². The maximum absolute atomic E-state index is 13.4. The number of amides is 1. The molecule has 1 amide bonds. The number of aliphatic hydroxyl groups is 1. The van der Waals surface area contributed by atoms with Gasteiger partial charge in [-0.3, -0.25) is 4.79 Å². The van der Waals surface area contributed by atoms with Gasteiger partial charge >= 0.3 is 0 Å². The lowest BCUT2D eigenvalue weighted by molar-refractivity contribution is 0.0677. The maximum atomic E-state index is 13.4. The number of likely N-dealkylation sites (N-methyl/N-ethyl adjacent to an activating group) is 1. The van der Waals surface area contributed by atoms with Crippen LogP contribution in [-0.4, -0.2) is 40.7 Å². The van der Waals surface area contributed by atoms with Gasteiger partial charge in [-0.1, -0.05) is 0 Å². The molecule has 16 heavy (non-hydrogen) atoms. The third-order valence-electron chi connectivity index (χ3n) is 2.43. The van der Waals surface area contributed by atoms with Crippen LogP contribution in [0.5, 0.6) is 5.75 Å². The Labute approximate surface area is 92.9 Å². The zero-order valence-corrected chi connectivity index (χ0v) is 9.14. The molecule has 1 unspecified atom stereocenters. The Morgan fingerprint density at radius 3 is 2.69 bits per heavy atom. The normalized spacial score (nSPS) is 12.2. The lowest BCUT2D eigenvalue weighted by atomic mass is 10.1. The van der Waals surface area contributed by atoms with E-state index in [1.165, 1.54) is 24.1 Å². The topological polar surface area (TPSA) is 60.8 Å². The largest absolute Gasteiger partial charge is 0.508 e. The monoisotopic (exact) mass is 227 g/mol. The van der Waals surface area contributed by atoms with E-state index in [1.54, 1.807) is 6.92 Å². The number of nitrogens with zero attached hydrogens (tertiary/aromatic N) is 1. The van der Waals surface area contributed by atoms with E-state index in [4.69, 9.17) is 10.2 Å². The number of carbonyl (C=O) groups is 1. The molecule has 2 N–H and O–H groups in total. The lowest BCUT2D eigenvalue weighted by Gasteiger charge is -2.23. The Hall–Kier alpha value is -1.62. The number of halogens is 1. The van der Waals surface area contributed by atoms with Gasteiger partial charge in [0, 0.05) is 13.1 Å². The number of hydrogen-bond acceptors (Lipinski definition) is 3. The van der Waals surface area contributed by atoms with Gasteiger partial charge < -0.3 is 15.1 Å². The molecule has 4 nitrogen and oxygen atoms in total. The van der Waals surface area contributed by atoms with Crippen LogP contribution < -0.4 is 0 Å². The molecule has 0 radical (unpaired) electrons. The third-order valence-corrected chi connectivity index (χ3v) is 2.43. The molecule has 0 saturated carbocycles. The van der Waals surface area contributed by atoms with E-state index in [9.17, 15) is 9.18 Å². The molecule has 0 saturated heterocycles. The van der Waals surface area contributed by atoms with E-state index in [1.807, 2.05) is 0 Å². The van der Waals surface area contributed by atoms with Crippen LogP contribution in [0.3, 0.4) is 0 Å². The predicted molar refractivity (Wildman–Crippen MR) is 56.7 cm³/mol. The van der Waals surface area contributed by atoms with E-state index in [0.29, 0.717) is 0 Å². The first kappa shape index (κ1) is 12.4. The van der Waals surface area contributed by atoms with Gasteiger partial charge in [-0.2, -0.15) is 0 Å². The first-order chi connectivity index (χ1) is 7.47. The van der Waals surface area contributed by atoms with Crippen molar-refractivity contribution in [3.05, 3.63) is 29.6 Å². The Morgan fingerprint density at radius 1 is 1.56 bits per heavy atom. The molecule has 0 aliphatic rings. The average Bonchev–Trinajstić information content (AvgIpc) is 2.26. The quantitative estimate of drug-likeness (QED) is 0.809. The molecule has 1 rings (SSSR count). The Balaban J connectivity index is 2.96. The van der Waals surface area contributed by atoms with Crippen LogP contribution in [0.1, 0.15) is 17.3 Å². The zero-order chi connectivity index (χ0) is 12.3. The van der Waals surface area contributed by atoms with Gasteiger partial charge in [0.25, 0.3) is 5.91 Å². The number of aliphatic hydroxyl groups excluding tert-OH is 1. The Kier molecular flexibility index (Phi) is 3.84. The summed E-state index contributed by atoms with van der Waals surface area (Å²) in [4.78, 5) is 13.0. The summed E-state index contributed by atoms with van der Waals surface area (Å²) in [5.74, 6) is -1.53. The summed E-state index contributed by atoms with van der Waals surface area (Å²) in [5, 5.41) is 17.9. The van der Waals surface area contributed by atoms with Crippen molar-refractivity contribution >= 4 is 5.91 Å². The molecule has 0 aromatic heterocycles. The minimum Gasteiger partial charge on any atom is -0.508 e. The third kappa shape index (κ3) is 2.49. The average molecular weight is 227 g/mol. The second-order valence-corrected chi connectivity index (χ2v) is 3.61. The molecule has 0 aliphatic carbocycles. The number of benzene rings is 1. The fourth-order valence-electron chi connectivity index (χ4n) is 1.19. The van der Waals surface area contributed by atoms with Gasteiger partial charge in [-0.05, 0) is 19.1 Å². The van der Waals surface area contributed by atoms with Crippen LogP contribution >= 0.6 is 0 Å². The molecule has 0 heterocycles. The van der Waals surface area contributed by atoms with Gasteiger partial charge in [0.15, 0.2) is 0 Å². The minimum atomic E-state index is -0.776. The molecule has 0 bridgehead atoms. The fraction of sp³-hybridized carbons (Fsp3) is 0.364. The molecule has 1 atom stereocenters. The van der Waals surface area contributed by atoms with Crippen molar-refractivity contribution in [1.29, 1.82) is 0 Å². The van der Waals surface area contributed by atoms with Crippen molar-refractivity contribution in [1.82, 2.24) is 4.90 Å². The molecular weight excluding hydrogens is 213 g/mol. The molecule has 0 spiro atoms. The standard InChI is InChI=1S/C11H14FNO3/c1-7(6-14)13(2)11(16)9-4-3-8(15)5-10(9)12/h3-5,7,14-15H,6H2,1-2H3. The van der Waals surface area contributed by atoms with Crippen molar-refractivity contribution in [3.8, 4) is 5.75 Å². The number of carbonyl (C=O) groups excluding carboxylic acids is 1. The van der Waals surface area contributed by atoms with Crippen LogP contribution in [0, 0.1) is 5.82 Å². The van der Waals surface area contributed by atoms with Gasteiger partial charge in [0.1, 0.15) is 11.6 Å². The summed E-state index contributed by atoms with van der Waals surface area (Å²) in [7, 11) is 1.48. The van der Waals surface area contributed by atoms with Crippen molar-refractivity contribution in [2.45, 2.75) is 13.0 Å². The smallest absolute Gasteiger partial charge is 0.256 e. The molecule has 5 heteroatoms. The van der Waals surface area contributed by atoms with Gasteiger partial charge in [0.05, 0.1) is 18.2 Å². The summed E-state index contributed by atoms with van der Waals surface area (Å²) < 4.78 is 13.4. The van der Waals surface area contributed by atoms with Crippen molar-refractivity contribution in [3.63, 3.8) is 0 Å². The van der Waals surface area contributed by atoms with Crippen LogP contribution in [0.25, 0.3) is 0 Å². The molecular formula is C11H14FNO3. The van der Waals surface area contributed by atoms with E-state index in [0.717, 1.165) is 6.07 Å². The van der Waals surface area contributed by atoms with Crippen LogP contribution in [0.15, 0.2) is 18.2 Å². The van der Waals surface area contributed by atoms with Crippen LogP contribution in [0.4, 0.5) is 4.39 Å². The first-order valence-corrected chi connectivity index (χ1v) is 4.84. The number of rotatable bonds is 3. The lowest BCUT2D eigenvalue weighted by Crippen LogP contribution is -2.37. The van der Waals surface area contributed by atoms with E-state index >= 15 is 0 Å². The second-order valence-electron chi connectivity index (χ2n) is 3.61. The van der Waals surface area contributed by atoms with Gasteiger partial charge in [-0.25, -0.2) is 4.39 Å². The highest BCUT2D eigenvalue weighted by molar-refractivity contribution is 5.94. The molecule has 1 aromatic rings. The summed E-state index contributed by atoms with van der Waals surface area (Å²) in [6.07, 6.45) is 0. The first-order valence-electron chi connectivity index (χ1n) is 4.84. The number of phenolic OH excluding ortho intramolecular Hbond substituents is 1. The van der Waals surface area contributed by atoms with Crippen molar-refractivity contribution < 1.29 is 19.4 Å². The fourth-order valence-corrected chi connectivity index (χ4v) is 1.19. The summed E-state index contributed by atoms with van der Waals surface area (Å²) in [6, 6.07) is 2.95. The highest BCUT2D eigenvalue weighted by atomic mass is 19.1. The van der Waals surface area contributed by atoms with E-state index < -0.39 is 11.7 Å². The zero-order valence-electron chi connectivity index (χ0n) is 9.14. The Bertz CT molecular complexity index is 395.